The molecule has 0 unspecified atom stereocenters. The largest absolute Gasteiger partial charge is 0.444 e. The molecule has 7 heteroatoms. The second-order valence-corrected chi connectivity index (χ2v) is 9.40. The van der Waals surface area contributed by atoms with E-state index in [0.29, 0.717) is 32.5 Å². The van der Waals surface area contributed by atoms with E-state index in [2.05, 4.69) is 22.1 Å². The van der Waals surface area contributed by atoms with Gasteiger partial charge in [0, 0.05) is 50.9 Å². The number of rotatable bonds is 7. The molecule has 0 fully saturated rings. The minimum Gasteiger partial charge on any atom is -0.444 e. The molecule has 7 nitrogen and oxygen atoms in total. The van der Waals surface area contributed by atoms with Gasteiger partial charge in [-0.25, -0.2) is 9.78 Å². The third-order valence-electron chi connectivity index (χ3n) is 5.40. The number of carbonyl (C=O) groups is 2. The van der Waals surface area contributed by atoms with Crippen molar-refractivity contribution in [1.82, 2.24) is 19.8 Å². The number of nitrogens with one attached hydrogen (secondary N) is 1. The van der Waals surface area contributed by atoms with E-state index in [1.807, 2.05) is 44.7 Å². The van der Waals surface area contributed by atoms with E-state index in [4.69, 9.17) is 4.74 Å². The molecule has 3 rings (SSSR count). The molecule has 0 spiro atoms. The summed E-state index contributed by atoms with van der Waals surface area (Å²) in [7, 11) is 0. The van der Waals surface area contributed by atoms with E-state index >= 15 is 0 Å². The third-order valence-corrected chi connectivity index (χ3v) is 5.40. The number of amides is 2. The average molecular weight is 427 g/mol. The van der Waals surface area contributed by atoms with Gasteiger partial charge in [0.2, 0.25) is 5.91 Å². The summed E-state index contributed by atoms with van der Waals surface area (Å²) < 4.78 is 5.60. The fourth-order valence-electron chi connectivity index (χ4n) is 3.84. The van der Waals surface area contributed by atoms with Crippen molar-refractivity contribution in [1.29, 1.82) is 0 Å². The molecule has 1 aliphatic rings. The van der Waals surface area contributed by atoms with Crippen LogP contribution in [0.1, 0.15) is 50.9 Å². The van der Waals surface area contributed by atoms with Crippen LogP contribution in [0.4, 0.5) is 4.79 Å². The first-order valence-electron chi connectivity index (χ1n) is 11.0. The van der Waals surface area contributed by atoms with Gasteiger partial charge in [0.1, 0.15) is 5.60 Å². The molecular weight excluding hydrogens is 392 g/mol. The van der Waals surface area contributed by atoms with E-state index in [0.717, 1.165) is 18.7 Å². The number of benzene rings is 1. The van der Waals surface area contributed by atoms with Crippen LogP contribution in [0.5, 0.6) is 0 Å². The van der Waals surface area contributed by atoms with Crippen LogP contribution >= 0.6 is 0 Å². The molecule has 2 amide bonds. The Morgan fingerprint density at radius 3 is 2.68 bits per heavy atom. The van der Waals surface area contributed by atoms with E-state index in [9.17, 15) is 9.59 Å². The number of hydrogen-bond acceptors (Lipinski definition) is 4. The van der Waals surface area contributed by atoms with Gasteiger partial charge in [-0.15, -0.1) is 0 Å². The van der Waals surface area contributed by atoms with Crippen molar-refractivity contribution in [2.24, 2.45) is 5.92 Å². The molecule has 2 aromatic rings. The van der Waals surface area contributed by atoms with Gasteiger partial charge in [0.25, 0.3) is 0 Å². The van der Waals surface area contributed by atoms with Crippen LogP contribution in [0.3, 0.4) is 0 Å². The molecule has 1 aromatic heterocycles. The van der Waals surface area contributed by atoms with E-state index in [-0.39, 0.29) is 17.9 Å². The quantitative estimate of drug-likeness (QED) is 0.730. The predicted molar refractivity (Wildman–Crippen MR) is 119 cm³/mol. The SMILES string of the molecule is C[C@@H](CC(=O)N1CCc2ccccc2C1)CN(CCc1cnc[nH]1)C(=O)OC(C)(C)C. The summed E-state index contributed by atoms with van der Waals surface area (Å²) in [6, 6.07) is 8.30. The van der Waals surface area contributed by atoms with Gasteiger partial charge in [-0.1, -0.05) is 31.2 Å². The molecule has 2 heterocycles. The van der Waals surface area contributed by atoms with Crippen LogP contribution < -0.4 is 0 Å². The highest BCUT2D eigenvalue weighted by Gasteiger charge is 2.26. The number of nitrogens with zero attached hydrogens (tertiary/aromatic N) is 3. The zero-order chi connectivity index (χ0) is 22.4. The number of H-pyrrole nitrogens is 1. The molecule has 0 saturated heterocycles. The maximum Gasteiger partial charge on any atom is 0.410 e. The lowest BCUT2D eigenvalue weighted by Crippen LogP contribution is -2.42. The topological polar surface area (TPSA) is 78.5 Å². The van der Waals surface area contributed by atoms with Crippen LogP contribution in [-0.2, 0) is 28.9 Å². The molecule has 1 aliphatic heterocycles. The molecular formula is C24H34N4O3. The maximum atomic E-state index is 12.9. The highest BCUT2D eigenvalue weighted by atomic mass is 16.6. The van der Waals surface area contributed by atoms with Crippen molar-refractivity contribution in [3.63, 3.8) is 0 Å². The Bertz CT molecular complexity index is 873. The summed E-state index contributed by atoms with van der Waals surface area (Å²) in [5, 5.41) is 0. The fourth-order valence-corrected chi connectivity index (χ4v) is 3.84. The van der Waals surface area contributed by atoms with Gasteiger partial charge in [-0.2, -0.15) is 0 Å². The van der Waals surface area contributed by atoms with Crippen molar-refractivity contribution in [3.05, 3.63) is 53.6 Å². The number of carbonyl (C=O) groups excluding carboxylic acids is 2. The second kappa shape index (κ2) is 9.98. The zero-order valence-corrected chi connectivity index (χ0v) is 19.1. The summed E-state index contributed by atoms with van der Waals surface area (Å²) in [5.74, 6) is 0.165. The Kier molecular flexibility index (Phi) is 7.36. The molecule has 0 saturated carbocycles. The third kappa shape index (κ3) is 6.84. The number of aromatic amines is 1. The average Bonchev–Trinajstić information content (AvgIpc) is 3.23. The first-order valence-corrected chi connectivity index (χ1v) is 11.0. The van der Waals surface area contributed by atoms with E-state index in [1.165, 1.54) is 11.1 Å². The number of ether oxygens (including phenoxy) is 1. The van der Waals surface area contributed by atoms with Crippen molar-refractivity contribution in [2.45, 2.75) is 59.1 Å². The minimum absolute atomic E-state index is 0.0268. The van der Waals surface area contributed by atoms with Crippen LogP contribution in [-0.4, -0.2) is 57.0 Å². The molecule has 0 bridgehead atoms. The van der Waals surface area contributed by atoms with Crippen molar-refractivity contribution >= 4 is 12.0 Å². The van der Waals surface area contributed by atoms with Gasteiger partial charge < -0.3 is 19.5 Å². The van der Waals surface area contributed by atoms with E-state index in [1.54, 1.807) is 17.4 Å². The van der Waals surface area contributed by atoms with Gasteiger partial charge >= 0.3 is 6.09 Å². The smallest absolute Gasteiger partial charge is 0.410 e. The van der Waals surface area contributed by atoms with Crippen molar-refractivity contribution in [3.8, 4) is 0 Å². The summed E-state index contributed by atoms with van der Waals surface area (Å²) in [6.07, 6.45) is 5.00. The molecule has 0 aliphatic carbocycles. The molecule has 1 atom stereocenters. The number of hydrogen-bond donors (Lipinski definition) is 1. The lowest BCUT2D eigenvalue weighted by molar-refractivity contribution is -0.133. The standard InChI is InChI=1S/C24H34N4O3/c1-18(13-22(29)27-11-9-19-7-5-6-8-20(19)16-27)15-28(23(30)31-24(2,3)4)12-10-21-14-25-17-26-21/h5-8,14,17-18H,9-13,15-16H2,1-4H3,(H,25,26)/t18-/m0/s1. The maximum absolute atomic E-state index is 12.9. The number of imidazole rings is 1. The number of fused-ring (bicyclic) bond motifs is 1. The van der Waals surface area contributed by atoms with E-state index < -0.39 is 5.60 Å². The second-order valence-electron chi connectivity index (χ2n) is 9.40. The first-order chi connectivity index (χ1) is 14.7. The van der Waals surface area contributed by atoms with Crippen LogP contribution in [0, 0.1) is 5.92 Å². The lowest BCUT2D eigenvalue weighted by Gasteiger charge is -2.31. The van der Waals surface area contributed by atoms with Crippen LogP contribution in [0.2, 0.25) is 0 Å². The first kappa shape index (κ1) is 22.8. The Morgan fingerprint density at radius 1 is 1.26 bits per heavy atom. The van der Waals surface area contributed by atoms with Crippen LogP contribution in [0.25, 0.3) is 0 Å². The Balaban J connectivity index is 1.57. The highest BCUT2D eigenvalue weighted by molar-refractivity contribution is 5.77. The van der Waals surface area contributed by atoms with Crippen LogP contribution in [0.15, 0.2) is 36.8 Å². The summed E-state index contributed by atoms with van der Waals surface area (Å²) in [5.41, 5.74) is 2.95. The monoisotopic (exact) mass is 426 g/mol. The minimum atomic E-state index is -0.566. The molecule has 1 aromatic carbocycles. The lowest BCUT2D eigenvalue weighted by atomic mass is 9.98. The van der Waals surface area contributed by atoms with Gasteiger partial charge in [0.15, 0.2) is 0 Å². The molecule has 1 N–H and O–H groups in total. The van der Waals surface area contributed by atoms with Crippen molar-refractivity contribution < 1.29 is 14.3 Å². The summed E-state index contributed by atoms with van der Waals surface area (Å²) in [4.78, 5) is 36.4. The Hall–Kier alpha value is -2.83. The Morgan fingerprint density at radius 2 is 2.00 bits per heavy atom. The molecule has 168 valence electrons. The normalized spacial score (nSPS) is 14.6. The van der Waals surface area contributed by atoms with Crippen molar-refractivity contribution in [2.75, 3.05) is 19.6 Å². The Labute approximate surface area is 184 Å². The molecule has 0 radical (unpaired) electrons. The van der Waals surface area contributed by atoms with Gasteiger partial charge in [0.05, 0.1) is 6.33 Å². The van der Waals surface area contributed by atoms with Gasteiger partial charge in [-0.3, -0.25) is 4.79 Å². The predicted octanol–water partition coefficient (Wildman–Crippen LogP) is 3.80. The fraction of sp³-hybridized carbons (Fsp3) is 0.542. The van der Waals surface area contributed by atoms with Gasteiger partial charge in [-0.05, 0) is 44.2 Å². The summed E-state index contributed by atoms with van der Waals surface area (Å²) in [6.45, 7) is 9.99. The number of aromatic nitrogens is 2. The summed E-state index contributed by atoms with van der Waals surface area (Å²) >= 11 is 0. The highest BCUT2D eigenvalue weighted by Crippen LogP contribution is 2.21. The zero-order valence-electron chi connectivity index (χ0n) is 19.1. The molecule has 31 heavy (non-hydrogen) atoms.